The Kier molecular flexibility index (Phi) is 8.78. The van der Waals surface area contributed by atoms with Gasteiger partial charge >= 0.3 is 11.9 Å². The van der Waals surface area contributed by atoms with Gasteiger partial charge in [0, 0.05) is 12.0 Å². The van der Waals surface area contributed by atoms with Crippen molar-refractivity contribution < 1.29 is 34.4 Å². The quantitative estimate of drug-likeness (QED) is 0.257. The van der Waals surface area contributed by atoms with Crippen molar-refractivity contribution in [1.29, 1.82) is 0 Å². The fourth-order valence-corrected chi connectivity index (χ4v) is 5.60. The molecule has 37 heavy (non-hydrogen) atoms. The third kappa shape index (κ3) is 6.47. The number of carbonyl (C=O) groups is 2. The van der Waals surface area contributed by atoms with E-state index in [0.29, 0.717) is 24.6 Å². The first-order valence-electron chi connectivity index (χ1n) is 12.5. The van der Waals surface area contributed by atoms with Crippen LogP contribution in [0, 0.1) is 0 Å². The summed E-state index contributed by atoms with van der Waals surface area (Å²) in [4.78, 5) is 26.8. The number of nitrogens with zero attached hydrogens (tertiary/aromatic N) is 1. The van der Waals surface area contributed by atoms with Crippen LogP contribution in [0.5, 0.6) is 11.5 Å². The van der Waals surface area contributed by atoms with Gasteiger partial charge in [0.25, 0.3) is 0 Å². The SMILES string of the molecule is CCCc1cc(-c2nc(CO)c(C(=O)O)s2)ccc1OCCCOc1ccc2c(c1)CC[C@H]2CC(=O)O. The minimum Gasteiger partial charge on any atom is -0.493 e. The van der Waals surface area contributed by atoms with Gasteiger partial charge in [0.2, 0.25) is 0 Å². The minimum atomic E-state index is -1.09. The van der Waals surface area contributed by atoms with E-state index in [1.54, 1.807) is 0 Å². The highest BCUT2D eigenvalue weighted by atomic mass is 32.1. The van der Waals surface area contributed by atoms with Gasteiger partial charge in [-0.1, -0.05) is 19.4 Å². The van der Waals surface area contributed by atoms with E-state index < -0.39 is 18.5 Å². The molecule has 4 rings (SSSR count). The van der Waals surface area contributed by atoms with Gasteiger partial charge in [0.1, 0.15) is 21.4 Å². The number of ether oxygens (including phenoxy) is 2. The molecule has 1 heterocycles. The van der Waals surface area contributed by atoms with Crippen molar-refractivity contribution in [1.82, 2.24) is 4.98 Å². The highest BCUT2D eigenvalue weighted by molar-refractivity contribution is 7.17. The molecule has 9 heteroatoms. The van der Waals surface area contributed by atoms with Crippen molar-refractivity contribution in [3.8, 4) is 22.1 Å². The van der Waals surface area contributed by atoms with Gasteiger partial charge in [0.15, 0.2) is 0 Å². The van der Waals surface area contributed by atoms with Gasteiger partial charge in [-0.25, -0.2) is 9.78 Å². The van der Waals surface area contributed by atoms with Crippen LogP contribution in [0.2, 0.25) is 0 Å². The Morgan fingerprint density at radius 3 is 2.62 bits per heavy atom. The lowest BCUT2D eigenvalue weighted by molar-refractivity contribution is -0.137. The molecule has 3 N–H and O–H groups in total. The second-order valence-electron chi connectivity index (χ2n) is 9.08. The van der Waals surface area contributed by atoms with E-state index in [-0.39, 0.29) is 22.9 Å². The number of carboxylic acid groups (broad SMARTS) is 2. The normalized spacial score (nSPS) is 14.4. The first-order chi connectivity index (χ1) is 17.9. The Labute approximate surface area is 219 Å². The van der Waals surface area contributed by atoms with Crippen LogP contribution < -0.4 is 9.47 Å². The van der Waals surface area contributed by atoms with Crippen molar-refractivity contribution in [2.24, 2.45) is 0 Å². The molecule has 2 aromatic carbocycles. The monoisotopic (exact) mass is 525 g/mol. The zero-order chi connectivity index (χ0) is 26.4. The lowest BCUT2D eigenvalue weighted by atomic mass is 9.98. The zero-order valence-electron chi connectivity index (χ0n) is 20.7. The highest BCUT2D eigenvalue weighted by Gasteiger charge is 2.25. The maximum atomic E-state index is 11.4. The minimum absolute atomic E-state index is 0.0540. The summed E-state index contributed by atoms with van der Waals surface area (Å²) in [5.41, 5.74) is 4.29. The number of carboxylic acids is 2. The standard InChI is InChI=1S/C28H31NO7S/c1-2-4-19-13-20(27-29-23(16-30)26(37-27)28(33)34)7-10-24(19)36-12-3-11-35-21-8-9-22-17(14-21)5-6-18(22)15-25(31)32/h7-10,13-14,18,30H,2-6,11-12,15-16H2,1H3,(H,31,32)(H,33,34)/t18-/m0/s1. The lowest BCUT2D eigenvalue weighted by Crippen LogP contribution is -2.07. The molecule has 0 amide bonds. The number of hydrogen-bond donors (Lipinski definition) is 3. The molecule has 0 saturated carbocycles. The predicted molar refractivity (Wildman–Crippen MR) is 140 cm³/mol. The van der Waals surface area contributed by atoms with Gasteiger partial charge in [0.05, 0.1) is 31.9 Å². The van der Waals surface area contributed by atoms with E-state index in [4.69, 9.17) is 14.6 Å². The molecule has 1 aliphatic carbocycles. The molecule has 0 bridgehead atoms. The van der Waals surface area contributed by atoms with E-state index in [9.17, 15) is 19.8 Å². The van der Waals surface area contributed by atoms with Gasteiger partial charge in [-0.05, 0) is 72.2 Å². The smallest absolute Gasteiger partial charge is 0.347 e. The van der Waals surface area contributed by atoms with Crippen LogP contribution in [-0.4, -0.2) is 45.5 Å². The zero-order valence-corrected chi connectivity index (χ0v) is 21.6. The third-order valence-electron chi connectivity index (χ3n) is 6.42. The summed E-state index contributed by atoms with van der Waals surface area (Å²) < 4.78 is 12.0. The largest absolute Gasteiger partial charge is 0.493 e. The molecular weight excluding hydrogens is 494 g/mol. The van der Waals surface area contributed by atoms with Crippen molar-refractivity contribution in [2.45, 2.75) is 58.0 Å². The number of rotatable bonds is 13. The molecule has 8 nitrogen and oxygen atoms in total. The summed E-state index contributed by atoms with van der Waals surface area (Å²) in [7, 11) is 0. The molecule has 1 atom stereocenters. The molecule has 0 unspecified atom stereocenters. The number of aromatic nitrogens is 1. The fourth-order valence-electron chi connectivity index (χ4n) is 4.69. The maximum Gasteiger partial charge on any atom is 0.347 e. The van der Waals surface area contributed by atoms with Crippen molar-refractivity contribution in [3.63, 3.8) is 0 Å². The van der Waals surface area contributed by atoms with E-state index in [1.807, 2.05) is 36.4 Å². The van der Waals surface area contributed by atoms with Crippen LogP contribution in [0.1, 0.15) is 70.6 Å². The Morgan fingerprint density at radius 1 is 1.11 bits per heavy atom. The topological polar surface area (TPSA) is 126 Å². The third-order valence-corrected chi connectivity index (χ3v) is 7.56. The van der Waals surface area contributed by atoms with Crippen LogP contribution in [0.15, 0.2) is 36.4 Å². The molecular formula is C28H31NO7S. The lowest BCUT2D eigenvalue weighted by Gasteiger charge is -2.13. The van der Waals surface area contributed by atoms with Gasteiger partial charge in [-0.3, -0.25) is 4.79 Å². The molecule has 196 valence electrons. The number of aliphatic carboxylic acids is 1. The molecule has 1 aromatic heterocycles. The van der Waals surface area contributed by atoms with Gasteiger partial charge in [-0.2, -0.15) is 0 Å². The average molecular weight is 526 g/mol. The number of benzene rings is 2. The van der Waals surface area contributed by atoms with Crippen molar-refractivity contribution in [2.75, 3.05) is 13.2 Å². The van der Waals surface area contributed by atoms with Crippen LogP contribution in [0.25, 0.3) is 10.6 Å². The molecule has 0 aliphatic heterocycles. The second kappa shape index (κ2) is 12.2. The Hall–Kier alpha value is -3.43. The first kappa shape index (κ1) is 26.6. The van der Waals surface area contributed by atoms with Crippen LogP contribution >= 0.6 is 11.3 Å². The van der Waals surface area contributed by atoms with Crippen LogP contribution in [0.4, 0.5) is 0 Å². The van der Waals surface area contributed by atoms with E-state index >= 15 is 0 Å². The highest BCUT2D eigenvalue weighted by Crippen LogP contribution is 2.37. The molecule has 0 saturated heterocycles. The number of aryl methyl sites for hydroxylation is 2. The first-order valence-corrected chi connectivity index (χ1v) is 13.3. The summed E-state index contributed by atoms with van der Waals surface area (Å²) in [6.45, 7) is 2.65. The summed E-state index contributed by atoms with van der Waals surface area (Å²) in [6.07, 6.45) is 4.34. The van der Waals surface area contributed by atoms with E-state index in [0.717, 1.165) is 65.2 Å². The van der Waals surface area contributed by atoms with Gasteiger partial charge in [-0.15, -0.1) is 11.3 Å². The number of aromatic carboxylic acids is 1. The maximum absolute atomic E-state index is 11.4. The number of aliphatic hydroxyl groups is 1. The van der Waals surface area contributed by atoms with E-state index in [1.165, 1.54) is 5.56 Å². The van der Waals surface area contributed by atoms with E-state index in [2.05, 4.69) is 11.9 Å². The number of aliphatic hydroxyl groups excluding tert-OH is 1. The van der Waals surface area contributed by atoms with Crippen LogP contribution in [-0.2, 0) is 24.2 Å². The molecule has 3 aromatic rings. The number of hydrogen-bond acceptors (Lipinski definition) is 7. The summed E-state index contributed by atoms with van der Waals surface area (Å²) in [5.74, 6) is -0.195. The second-order valence-corrected chi connectivity index (χ2v) is 10.1. The predicted octanol–water partition coefficient (Wildman–Crippen LogP) is 5.31. The molecule has 0 fully saturated rings. The summed E-state index contributed by atoms with van der Waals surface area (Å²) in [5, 5.41) is 28.4. The number of fused-ring (bicyclic) bond motifs is 1. The summed E-state index contributed by atoms with van der Waals surface area (Å²) >= 11 is 1.06. The fraction of sp³-hybridized carbons (Fsp3) is 0.393. The Balaban J connectivity index is 1.33. The Morgan fingerprint density at radius 2 is 1.92 bits per heavy atom. The molecule has 0 radical (unpaired) electrons. The Bertz CT molecular complexity index is 1270. The van der Waals surface area contributed by atoms with Crippen molar-refractivity contribution >= 4 is 23.3 Å². The van der Waals surface area contributed by atoms with Crippen LogP contribution in [0.3, 0.4) is 0 Å². The van der Waals surface area contributed by atoms with Crippen molar-refractivity contribution in [3.05, 3.63) is 63.7 Å². The molecule has 1 aliphatic rings. The molecule has 0 spiro atoms. The van der Waals surface area contributed by atoms with Gasteiger partial charge < -0.3 is 24.8 Å². The summed E-state index contributed by atoms with van der Waals surface area (Å²) in [6, 6.07) is 11.6. The average Bonchev–Trinajstić information content (AvgIpc) is 3.49. The number of thiazole rings is 1.